The Bertz CT molecular complexity index is 2500. The fourth-order valence-corrected chi connectivity index (χ4v) is 6.42. The zero-order chi connectivity index (χ0) is 31.2. The van der Waals surface area contributed by atoms with E-state index in [9.17, 15) is 0 Å². The Kier molecular flexibility index (Phi) is 6.39. The number of rotatable bonds is 5. The van der Waals surface area contributed by atoms with Gasteiger partial charge in [0.15, 0.2) is 0 Å². The van der Waals surface area contributed by atoms with Crippen LogP contribution in [0.5, 0.6) is 0 Å². The number of fused-ring (bicyclic) bond motifs is 5. The minimum Gasteiger partial charge on any atom is -0.306 e. The van der Waals surface area contributed by atoms with Crippen LogP contribution < -0.4 is 0 Å². The highest BCUT2D eigenvalue weighted by Crippen LogP contribution is 2.34. The molecular formula is C42H27N5. The Balaban J connectivity index is 1.12. The minimum atomic E-state index is 0.888. The van der Waals surface area contributed by atoms with Crippen molar-refractivity contribution in [2.45, 2.75) is 0 Å². The maximum atomic E-state index is 5.14. The van der Waals surface area contributed by atoms with E-state index in [4.69, 9.17) is 9.97 Å². The molecule has 0 unspecified atom stereocenters. The molecule has 47 heavy (non-hydrogen) atoms. The van der Waals surface area contributed by atoms with Gasteiger partial charge in [-0.25, -0.2) is 9.97 Å². The molecule has 5 heteroatoms. The quantitative estimate of drug-likeness (QED) is 0.197. The van der Waals surface area contributed by atoms with E-state index in [0.717, 1.165) is 72.8 Å². The van der Waals surface area contributed by atoms with E-state index in [2.05, 4.69) is 124 Å². The molecule has 220 valence electrons. The number of hydrogen-bond donors (Lipinski definition) is 0. The Hall–Kier alpha value is -6.46. The van der Waals surface area contributed by atoms with Crippen LogP contribution in [0.15, 0.2) is 164 Å². The van der Waals surface area contributed by atoms with Gasteiger partial charge in [-0.05, 0) is 78.9 Å². The first-order chi connectivity index (χ1) is 23.3. The van der Waals surface area contributed by atoms with E-state index < -0.39 is 0 Å². The second kappa shape index (κ2) is 11.2. The van der Waals surface area contributed by atoms with Gasteiger partial charge in [0.2, 0.25) is 0 Å². The van der Waals surface area contributed by atoms with Gasteiger partial charge in [0, 0.05) is 45.6 Å². The third-order valence-electron chi connectivity index (χ3n) is 8.66. The Morgan fingerprint density at radius 1 is 0.362 bits per heavy atom. The van der Waals surface area contributed by atoms with Gasteiger partial charge in [0.25, 0.3) is 0 Å². The molecule has 5 heterocycles. The van der Waals surface area contributed by atoms with E-state index in [-0.39, 0.29) is 0 Å². The van der Waals surface area contributed by atoms with Crippen molar-refractivity contribution < 1.29 is 0 Å². The monoisotopic (exact) mass is 601 g/mol. The first kappa shape index (κ1) is 26.9. The van der Waals surface area contributed by atoms with Crippen molar-refractivity contribution in [1.82, 2.24) is 24.3 Å². The zero-order valence-corrected chi connectivity index (χ0v) is 25.3. The second-order valence-corrected chi connectivity index (χ2v) is 11.6. The summed E-state index contributed by atoms with van der Waals surface area (Å²) in [6, 6.07) is 52.3. The minimum absolute atomic E-state index is 0.888. The summed E-state index contributed by atoms with van der Waals surface area (Å²) in [5.74, 6) is 0. The number of para-hydroxylation sites is 3. The molecule has 5 aromatic heterocycles. The largest absolute Gasteiger partial charge is 0.306 e. The van der Waals surface area contributed by atoms with Crippen LogP contribution >= 0.6 is 0 Å². The molecule has 9 aromatic rings. The third kappa shape index (κ3) is 4.82. The lowest BCUT2D eigenvalue weighted by atomic mass is 9.98. The molecule has 0 N–H and O–H groups in total. The summed E-state index contributed by atoms with van der Waals surface area (Å²) in [7, 11) is 0. The van der Waals surface area contributed by atoms with E-state index in [1.54, 1.807) is 0 Å². The van der Waals surface area contributed by atoms with E-state index >= 15 is 0 Å². The molecule has 0 aliphatic carbocycles. The topological polar surface area (TPSA) is 56.0 Å². The Labute approximate surface area is 271 Å². The van der Waals surface area contributed by atoms with Crippen molar-refractivity contribution in [3.63, 3.8) is 0 Å². The first-order valence-corrected chi connectivity index (χ1v) is 15.6. The van der Waals surface area contributed by atoms with Crippen molar-refractivity contribution in [2.75, 3.05) is 0 Å². The predicted molar refractivity (Wildman–Crippen MR) is 191 cm³/mol. The number of pyridine rings is 3. The highest BCUT2D eigenvalue weighted by atomic mass is 14.9. The summed E-state index contributed by atoms with van der Waals surface area (Å²) in [4.78, 5) is 19.5. The fourth-order valence-electron chi connectivity index (χ4n) is 6.42. The number of aromatic nitrogens is 5. The van der Waals surface area contributed by atoms with Crippen molar-refractivity contribution >= 4 is 27.5 Å². The summed E-state index contributed by atoms with van der Waals surface area (Å²) in [5.41, 5.74) is 14.1. The van der Waals surface area contributed by atoms with E-state index in [1.807, 2.05) is 54.9 Å². The summed E-state index contributed by atoms with van der Waals surface area (Å²) >= 11 is 0. The summed E-state index contributed by atoms with van der Waals surface area (Å²) in [6.07, 6.45) is 3.64. The summed E-state index contributed by atoms with van der Waals surface area (Å²) in [6.45, 7) is 0. The van der Waals surface area contributed by atoms with Crippen LogP contribution in [0.2, 0.25) is 0 Å². The third-order valence-corrected chi connectivity index (χ3v) is 8.66. The maximum absolute atomic E-state index is 5.14. The standard InChI is InChI=1S/C42H27N5/c1-3-16-39-30(10-1)27-41-42(46-38-13-2-4-17-40(38)47(39)41)29-20-18-28(19-21-29)36-14-9-15-37(45-36)33-25-31(34-11-5-7-22-43-34)24-32(26-33)35-12-6-8-23-44-35/h1-27H. The van der Waals surface area contributed by atoms with E-state index in [0.29, 0.717) is 0 Å². The Morgan fingerprint density at radius 3 is 1.60 bits per heavy atom. The van der Waals surface area contributed by atoms with Crippen LogP contribution in [0.1, 0.15) is 0 Å². The number of nitrogens with zero attached hydrogens (tertiary/aromatic N) is 5. The second-order valence-electron chi connectivity index (χ2n) is 11.6. The average Bonchev–Trinajstić information content (AvgIpc) is 3.55. The lowest BCUT2D eigenvalue weighted by molar-refractivity contribution is 1.27. The van der Waals surface area contributed by atoms with Crippen LogP contribution in [0.4, 0.5) is 0 Å². The molecular weight excluding hydrogens is 574 g/mol. The van der Waals surface area contributed by atoms with Gasteiger partial charge in [-0.15, -0.1) is 0 Å². The van der Waals surface area contributed by atoms with Crippen molar-refractivity contribution in [1.29, 1.82) is 0 Å². The molecule has 0 fully saturated rings. The average molecular weight is 602 g/mol. The Morgan fingerprint density at radius 2 is 0.915 bits per heavy atom. The molecule has 0 amide bonds. The normalized spacial score (nSPS) is 11.4. The van der Waals surface area contributed by atoms with Gasteiger partial charge in [0.05, 0.1) is 50.5 Å². The van der Waals surface area contributed by atoms with Crippen molar-refractivity contribution in [3.8, 4) is 56.3 Å². The molecule has 5 nitrogen and oxygen atoms in total. The van der Waals surface area contributed by atoms with Crippen LogP contribution in [0.25, 0.3) is 83.7 Å². The molecule has 0 atom stereocenters. The zero-order valence-electron chi connectivity index (χ0n) is 25.3. The molecule has 4 aromatic carbocycles. The van der Waals surface area contributed by atoms with Crippen LogP contribution in [0.3, 0.4) is 0 Å². The predicted octanol–water partition coefficient (Wildman–Crippen LogP) is 10.2. The maximum Gasteiger partial charge on any atom is 0.0950 e. The van der Waals surface area contributed by atoms with Gasteiger partial charge in [-0.2, -0.15) is 0 Å². The number of benzene rings is 4. The molecule has 0 bridgehead atoms. The molecule has 0 spiro atoms. The van der Waals surface area contributed by atoms with Crippen LogP contribution in [-0.2, 0) is 0 Å². The lowest BCUT2D eigenvalue weighted by Gasteiger charge is -2.12. The smallest absolute Gasteiger partial charge is 0.0950 e. The SMILES string of the molecule is c1ccc(-c2cc(-c3ccccn3)cc(-c3cccc(-c4ccc(-c5nc6ccccc6n6c5cc5ccccc56)cc4)n3)c2)nc1. The summed E-state index contributed by atoms with van der Waals surface area (Å²) in [5, 5.41) is 1.20. The van der Waals surface area contributed by atoms with Crippen molar-refractivity contribution in [2.24, 2.45) is 0 Å². The van der Waals surface area contributed by atoms with Crippen molar-refractivity contribution in [3.05, 3.63) is 164 Å². The molecule has 0 saturated heterocycles. The van der Waals surface area contributed by atoms with Gasteiger partial charge in [-0.3, -0.25) is 9.97 Å². The number of hydrogen-bond acceptors (Lipinski definition) is 4. The van der Waals surface area contributed by atoms with Gasteiger partial charge < -0.3 is 4.40 Å². The fraction of sp³-hybridized carbons (Fsp3) is 0. The van der Waals surface area contributed by atoms with Gasteiger partial charge in [0.1, 0.15) is 0 Å². The molecule has 9 rings (SSSR count). The van der Waals surface area contributed by atoms with E-state index in [1.165, 1.54) is 10.9 Å². The molecule has 0 radical (unpaired) electrons. The highest BCUT2D eigenvalue weighted by molar-refractivity contribution is 5.98. The molecule has 0 aliphatic rings. The lowest BCUT2D eigenvalue weighted by Crippen LogP contribution is -1.95. The highest BCUT2D eigenvalue weighted by Gasteiger charge is 2.15. The molecule has 0 aliphatic heterocycles. The molecule has 0 saturated carbocycles. The van der Waals surface area contributed by atoms with Gasteiger partial charge >= 0.3 is 0 Å². The van der Waals surface area contributed by atoms with Crippen LogP contribution in [-0.4, -0.2) is 24.3 Å². The van der Waals surface area contributed by atoms with Crippen LogP contribution in [0, 0.1) is 0 Å². The van der Waals surface area contributed by atoms with Gasteiger partial charge in [-0.1, -0.05) is 72.8 Å². The summed E-state index contributed by atoms with van der Waals surface area (Å²) < 4.78 is 2.32. The first-order valence-electron chi connectivity index (χ1n) is 15.6.